The Morgan fingerprint density at radius 2 is 2.06 bits per heavy atom. The molecule has 1 amide bonds. The number of ether oxygens (including phenoxy) is 1. The molecule has 2 N–H and O–H groups in total. The van der Waals surface area contributed by atoms with Crippen LogP contribution in [0.25, 0.3) is 0 Å². The van der Waals surface area contributed by atoms with Gasteiger partial charge in [-0.2, -0.15) is 0 Å². The van der Waals surface area contributed by atoms with E-state index in [1.165, 1.54) is 12.4 Å². The van der Waals surface area contributed by atoms with E-state index in [9.17, 15) is 4.79 Å². The van der Waals surface area contributed by atoms with Crippen molar-refractivity contribution in [1.82, 2.24) is 15.3 Å². The second kappa shape index (κ2) is 7.56. The van der Waals surface area contributed by atoms with E-state index in [-0.39, 0.29) is 5.91 Å². The highest BCUT2D eigenvalue weighted by molar-refractivity contribution is 5.93. The van der Waals surface area contributed by atoms with Gasteiger partial charge < -0.3 is 15.4 Å². The predicted octanol–water partition coefficient (Wildman–Crippen LogP) is 0.675. The number of amides is 1. The Morgan fingerprint density at radius 1 is 1.35 bits per heavy atom. The molecule has 1 aromatic rings. The highest BCUT2D eigenvalue weighted by atomic mass is 16.5. The smallest absolute Gasteiger partial charge is 0.254 e. The van der Waals surface area contributed by atoms with Crippen molar-refractivity contribution in [2.24, 2.45) is 0 Å². The fourth-order valence-corrected chi connectivity index (χ4v) is 1.14. The fourth-order valence-electron chi connectivity index (χ4n) is 1.14. The molecule has 1 heterocycles. The van der Waals surface area contributed by atoms with E-state index < -0.39 is 0 Å². The quantitative estimate of drug-likeness (QED) is 0.683. The van der Waals surface area contributed by atoms with Crippen LogP contribution in [0.3, 0.4) is 0 Å². The summed E-state index contributed by atoms with van der Waals surface area (Å²) in [4.78, 5) is 19.7. The number of aromatic nitrogens is 2. The Labute approximate surface area is 101 Å². The summed E-state index contributed by atoms with van der Waals surface area (Å²) in [5.74, 6) is 0.351. The summed E-state index contributed by atoms with van der Waals surface area (Å²) in [5, 5.41) is 5.74. The molecule has 0 aliphatic heterocycles. The van der Waals surface area contributed by atoms with Crippen LogP contribution >= 0.6 is 0 Å². The third-order valence-electron chi connectivity index (χ3n) is 2.04. The minimum Gasteiger partial charge on any atom is -0.383 e. The van der Waals surface area contributed by atoms with Crippen molar-refractivity contribution in [2.45, 2.75) is 13.3 Å². The predicted molar refractivity (Wildman–Crippen MR) is 65.0 cm³/mol. The van der Waals surface area contributed by atoms with Crippen molar-refractivity contribution in [3.8, 4) is 0 Å². The van der Waals surface area contributed by atoms with Crippen LogP contribution in [0.15, 0.2) is 12.4 Å². The van der Waals surface area contributed by atoms with Crippen molar-refractivity contribution in [3.05, 3.63) is 18.0 Å². The number of carbonyl (C=O) groups excluding carboxylic acids is 1. The Bertz CT molecular complexity index is 340. The van der Waals surface area contributed by atoms with Gasteiger partial charge in [0, 0.05) is 32.6 Å². The molecule has 6 heteroatoms. The fraction of sp³-hybridized carbons (Fsp3) is 0.545. The third kappa shape index (κ3) is 4.78. The van der Waals surface area contributed by atoms with E-state index in [1.807, 2.05) is 0 Å². The summed E-state index contributed by atoms with van der Waals surface area (Å²) in [6.45, 7) is 3.85. The Morgan fingerprint density at radius 3 is 2.65 bits per heavy atom. The minimum absolute atomic E-state index is 0.191. The van der Waals surface area contributed by atoms with E-state index in [0.29, 0.717) is 24.7 Å². The van der Waals surface area contributed by atoms with Gasteiger partial charge in [0.1, 0.15) is 0 Å². The summed E-state index contributed by atoms with van der Waals surface area (Å²) >= 11 is 0. The van der Waals surface area contributed by atoms with Gasteiger partial charge in [-0.1, -0.05) is 6.92 Å². The van der Waals surface area contributed by atoms with Crippen molar-refractivity contribution in [2.75, 3.05) is 32.1 Å². The van der Waals surface area contributed by atoms with E-state index >= 15 is 0 Å². The molecule has 0 spiro atoms. The molecular weight excluding hydrogens is 220 g/mol. The van der Waals surface area contributed by atoms with Gasteiger partial charge in [0.05, 0.1) is 12.2 Å². The van der Waals surface area contributed by atoms with Gasteiger partial charge in [-0.15, -0.1) is 0 Å². The van der Waals surface area contributed by atoms with E-state index in [0.717, 1.165) is 13.0 Å². The lowest BCUT2D eigenvalue weighted by molar-refractivity contribution is 0.0936. The third-order valence-corrected chi connectivity index (χ3v) is 2.04. The van der Waals surface area contributed by atoms with Crippen LogP contribution in [0.4, 0.5) is 5.95 Å². The van der Waals surface area contributed by atoms with Crippen LogP contribution in [0, 0.1) is 0 Å². The molecule has 0 saturated carbocycles. The molecule has 0 bridgehead atoms. The maximum atomic E-state index is 11.6. The summed E-state index contributed by atoms with van der Waals surface area (Å²) < 4.78 is 4.84. The molecule has 0 aliphatic rings. The van der Waals surface area contributed by atoms with Gasteiger partial charge in [0.2, 0.25) is 5.95 Å². The molecule has 1 aromatic heterocycles. The number of anilines is 1. The number of nitrogens with one attached hydrogen (secondary N) is 2. The molecule has 94 valence electrons. The highest BCUT2D eigenvalue weighted by Crippen LogP contribution is 2.00. The molecule has 0 fully saturated rings. The summed E-state index contributed by atoms with van der Waals surface area (Å²) in [6.07, 6.45) is 4.02. The normalized spacial score (nSPS) is 10.0. The van der Waals surface area contributed by atoms with Crippen LogP contribution < -0.4 is 10.6 Å². The van der Waals surface area contributed by atoms with Crippen molar-refractivity contribution in [3.63, 3.8) is 0 Å². The number of hydrogen-bond acceptors (Lipinski definition) is 5. The van der Waals surface area contributed by atoms with Gasteiger partial charge in [-0.05, 0) is 6.42 Å². The highest BCUT2D eigenvalue weighted by Gasteiger charge is 2.05. The summed E-state index contributed by atoms with van der Waals surface area (Å²) in [7, 11) is 1.59. The average molecular weight is 238 g/mol. The van der Waals surface area contributed by atoms with E-state index in [1.54, 1.807) is 7.11 Å². The van der Waals surface area contributed by atoms with Gasteiger partial charge >= 0.3 is 0 Å². The van der Waals surface area contributed by atoms with Gasteiger partial charge in [-0.3, -0.25) is 4.79 Å². The molecule has 0 saturated heterocycles. The zero-order chi connectivity index (χ0) is 12.5. The first-order valence-electron chi connectivity index (χ1n) is 5.61. The van der Waals surface area contributed by atoms with Crippen LogP contribution in [0.1, 0.15) is 23.7 Å². The van der Waals surface area contributed by atoms with Gasteiger partial charge in [-0.25, -0.2) is 9.97 Å². The number of nitrogens with zero attached hydrogens (tertiary/aromatic N) is 2. The molecule has 0 radical (unpaired) electrons. The zero-order valence-corrected chi connectivity index (χ0v) is 10.2. The number of rotatable bonds is 7. The molecular formula is C11H18N4O2. The summed E-state index contributed by atoms with van der Waals surface area (Å²) in [6, 6.07) is 0. The molecule has 0 unspecified atom stereocenters. The maximum Gasteiger partial charge on any atom is 0.254 e. The van der Waals surface area contributed by atoms with Crippen molar-refractivity contribution in [1.29, 1.82) is 0 Å². The van der Waals surface area contributed by atoms with Crippen molar-refractivity contribution < 1.29 is 9.53 Å². The van der Waals surface area contributed by atoms with Crippen LogP contribution in [-0.4, -0.2) is 42.7 Å². The van der Waals surface area contributed by atoms with Gasteiger partial charge in [0.25, 0.3) is 5.91 Å². The van der Waals surface area contributed by atoms with E-state index in [2.05, 4.69) is 27.5 Å². The summed E-state index contributed by atoms with van der Waals surface area (Å²) in [5.41, 5.74) is 0.447. The standard InChI is InChI=1S/C11H18N4O2/c1-3-4-13-11-14-7-9(8-15-11)10(16)12-5-6-17-2/h7-8H,3-6H2,1-2H3,(H,12,16)(H,13,14,15). The van der Waals surface area contributed by atoms with Crippen LogP contribution in [0.5, 0.6) is 0 Å². The SMILES string of the molecule is CCCNc1ncc(C(=O)NCCOC)cn1. The second-order valence-corrected chi connectivity index (χ2v) is 3.47. The lowest BCUT2D eigenvalue weighted by Gasteiger charge is -2.05. The Hall–Kier alpha value is -1.69. The lowest BCUT2D eigenvalue weighted by atomic mass is 10.3. The number of carbonyl (C=O) groups is 1. The molecule has 1 rings (SSSR count). The van der Waals surface area contributed by atoms with Crippen LogP contribution in [-0.2, 0) is 4.74 Å². The number of hydrogen-bond donors (Lipinski definition) is 2. The van der Waals surface area contributed by atoms with Crippen LogP contribution in [0.2, 0.25) is 0 Å². The molecule has 6 nitrogen and oxygen atoms in total. The molecule has 17 heavy (non-hydrogen) atoms. The first kappa shape index (κ1) is 13.4. The molecule has 0 aromatic carbocycles. The number of methoxy groups -OCH3 is 1. The minimum atomic E-state index is -0.191. The molecule has 0 atom stereocenters. The van der Waals surface area contributed by atoms with Gasteiger partial charge in [0.15, 0.2) is 0 Å². The first-order chi connectivity index (χ1) is 8.27. The average Bonchev–Trinajstić information content (AvgIpc) is 2.37. The topological polar surface area (TPSA) is 76.1 Å². The van der Waals surface area contributed by atoms with E-state index in [4.69, 9.17) is 4.74 Å². The lowest BCUT2D eigenvalue weighted by Crippen LogP contribution is -2.27. The molecule has 0 aliphatic carbocycles. The zero-order valence-electron chi connectivity index (χ0n) is 10.2. The monoisotopic (exact) mass is 238 g/mol. The largest absolute Gasteiger partial charge is 0.383 e. The van der Waals surface area contributed by atoms with Crippen molar-refractivity contribution >= 4 is 11.9 Å². The first-order valence-corrected chi connectivity index (χ1v) is 5.61. The maximum absolute atomic E-state index is 11.6. The second-order valence-electron chi connectivity index (χ2n) is 3.47. The Balaban J connectivity index is 2.46. The Kier molecular flexibility index (Phi) is 5.95.